The van der Waals surface area contributed by atoms with Gasteiger partial charge in [0.05, 0.1) is 12.3 Å². The molecule has 2 heterocycles. The van der Waals surface area contributed by atoms with Crippen molar-refractivity contribution in [3.8, 4) is 5.75 Å². The van der Waals surface area contributed by atoms with Crippen LogP contribution in [0.25, 0.3) is 10.1 Å². The topological polar surface area (TPSA) is 52.3 Å². The third-order valence-electron chi connectivity index (χ3n) is 3.86. The maximum Gasteiger partial charge on any atom is 0.199 e. The summed E-state index contributed by atoms with van der Waals surface area (Å²) < 4.78 is 12.7. The maximum atomic E-state index is 11.1. The fourth-order valence-electron chi connectivity index (χ4n) is 2.51. The number of oxazole rings is 1. The highest BCUT2D eigenvalue weighted by molar-refractivity contribution is 7.17. The van der Waals surface area contributed by atoms with Crippen molar-refractivity contribution in [1.82, 2.24) is 4.98 Å². The fraction of sp³-hybridized carbons (Fsp3) is 0.368. The second-order valence-corrected chi connectivity index (χ2v) is 7.72. The molecule has 0 aliphatic carbocycles. The first kappa shape index (κ1) is 16.7. The number of aryl methyl sites for hydroxylation is 1. The Hall–Kier alpha value is -2.14. The number of rotatable bonds is 5. The molecule has 126 valence electrons. The first-order chi connectivity index (χ1) is 11.4. The molecule has 0 aliphatic rings. The minimum Gasteiger partial charge on any atom is -0.493 e. The molecule has 1 aromatic carbocycles. The summed E-state index contributed by atoms with van der Waals surface area (Å²) in [7, 11) is 0. The summed E-state index contributed by atoms with van der Waals surface area (Å²) in [5.41, 5.74) is 1.54. The van der Waals surface area contributed by atoms with Crippen LogP contribution in [-0.2, 0) is 11.8 Å². The number of benzene rings is 1. The van der Waals surface area contributed by atoms with E-state index in [-0.39, 0.29) is 5.41 Å². The predicted octanol–water partition coefficient (Wildman–Crippen LogP) is 4.93. The van der Waals surface area contributed by atoms with Crippen LogP contribution >= 0.6 is 11.3 Å². The fourth-order valence-corrected chi connectivity index (χ4v) is 3.40. The molecule has 0 radical (unpaired) electrons. The molecule has 24 heavy (non-hydrogen) atoms. The molecule has 0 atom stereocenters. The Morgan fingerprint density at radius 3 is 2.75 bits per heavy atom. The summed E-state index contributed by atoms with van der Waals surface area (Å²) in [4.78, 5) is 15.7. The zero-order chi connectivity index (χ0) is 17.3. The van der Waals surface area contributed by atoms with Crippen molar-refractivity contribution in [3.05, 3.63) is 46.5 Å². The standard InChI is InChI=1S/C19H21NO3S/c1-12-15(20-18(23-12)19(2,3)4)7-9-22-16-6-5-13(11-21)17-14(16)8-10-24-17/h5-6,8,10-11H,7,9H2,1-4H3. The van der Waals surface area contributed by atoms with Gasteiger partial charge in [0.25, 0.3) is 0 Å². The molecule has 0 amide bonds. The molecule has 5 heteroatoms. The molecular weight excluding hydrogens is 322 g/mol. The van der Waals surface area contributed by atoms with E-state index in [4.69, 9.17) is 9.15 Å². The molecule has 4 nitrogen and oxygen atoms in total. The number of aromatic nitrogens is 1. The summed E-state index contributed by atoms with van der Waals surface area (Å²) in [5.74, 6) is 2.40. The van der Waals surface area contributed by atoms with Crippen LogP contribution in [-0.4, -0.2) is 17.9 Å². The van der Waals surface area contributed by atoms with E-state index in [0.29, 0.717) is 18.6 Å². The minimum atomic E-state index is -0.0998. The SMILES string of the molecule is Cc1oc(C(C)(C)C)nc1CCOc1ccc(C=O)c2sccc12. The van der Waals surface area contributed by atoms with E-state index in [1.807, 2.05) is 24.4 Å². The van der Waals surface area contributed by atoms with Gasteiger partial charge >= 0.3 is 0 Å². The molecule has 0 bridgehead atoms. The van der Waals surface area contributed by atoms with Crippen molar-refractivity contribution in [2.45, 2.75) is 39.5 Å². The number of carbonyl (C=O) groups excluding carboxylic acids is 1. The molecule has 3 rings (SSSR count). The third-order valence-corrected chi connectivity index (χ3v) is 4.83. The lowest BCUT2D eigenvalue weighted by Gasteiger charge is -2.12. The van der Waals surface area contributed by atoms with Gasteiger partial charge in [-0.05, 0) is 30.5 Å². The second-order valence-electron chi connectivity index (χ2n) is 6.80. The van der Waals surface area contributed by atoms with Gasteiger partial charge in [0, 0.05) is 27.5 Å². The van der Waals surface area contributed by atoms with Crippen molar-refractivity contribution >= 4 is 27.7 Å². The van der Waals surface area contributed by atoms with Crippen molar-refractivity contribution in [3.63, 3.8) is 0 Å². The van der Waals surface area contributed by atoms with E-state index in [1.54, 1.807) is 17.4 Å². The van der Waals surface area contributed by atoms with Gasteiger partial charge in [-0.3, -0.25) is 4.79 Å². The summed E-state index contributed by atoms with van der Waals surface area (Å²) in [6.45, 7) is 8.71. The van der Waals surface area contributed by atoms with Crippen LogP contribution in [0.15, 0.2) is 28.0 Å². The second kappa shape index (κ2) is 6.40. The number of carbonyl (C=O) groups is 1. The van der Waals surface area contributed by atoms with Crippen molar-refractivity contribution in [1.29, 1.82) is 0 Å². The van der Waals surface area contributed by atoms with Gasteiger partial charge in [-0.2, -0.15) is 0 Å². The highest BCUT2D eigenvalue weighted by Gasteiger charge is 2.22. The monoisotopic (exact) mass is 343 g/mol. The van der Waals surface area contributed by atoms with Crippen molar-refractivity contribution in [2.75, 3.05) is 6.61 Å². The molecule has 2 aromatic heterocycles. The average Bonchev–Trinajstić information content (AvgIpc) is 3.14. The van der Waals surface area contributed by atoms with E-state index in [0.717, 1.165) is 39.5 Å². The Bertz CT molecular complexity index is 870. The van der Waals surface area contributed by atoms with Crippen molar-refractivity contribution < 1.29 is 13.9 Å². The van der Waals surface area contributed by atoms with Crippen LogP contribution < -0.4 is 4.74 Å². The minimum absolute atomic E-state index is 0.0998. The maximum absolute atomic E-state index is 11.1. The predicted molar refractivity (Wildman–Crippen MR) is 96.4 cm³/mol. The van der Waals surface area contributed by atoms with Gasteiger partial charge in [-0.15, -0.1) is 11.3 Å². The number of fused-ring (bicyclic) bond motifs is 1. The summed E-state index contributed by atoms with van der Waals surface area (Å²) in [6, 6.07) is 5.65. The number of thiophene rings is 1. The summed E-state index contributed by atoms with van der Waals surface area (Å²) in [5, 5.41) is 2.96. The highest BCUT2D eigenvalue weighted by atomic mass is 32.1. The molecule has 0 spiro atoms. The third kappa shape index (κ3) is 3.22. The Morgan fingerprint density at radius 2 is 2.08 bits per heavy atom. The van der Waals surface area contributed by atoms with Crippen molar-refractivity contribution in [2.24, 2.45) is 0 Å². The van der Waals surface area contributed by atoms with Gasteiger partial charge in [-0.1, -0.05) is 20.8 Å². The number of hydrogen-bond donors (Lipinski definition) is 0. The van der Waals surface area contributed by atoms with Crippen LogP contribution in [0, 0.1) is 6.92 Å². The lowest BCUT2D eigenvalue weighted by molar-refractivity contribution is 0.112. The molecular formula is C19H21NO3S. The zero-order valence-electron chi connectivity index (χ0n) is 14.4. The number of hydrogen-bond acceptors (Lipinski definition) is 5. The first-order valence-corrected chi connectivity index (χ1v) is 8.83. The van der Waals surface area contributed by atoms with Crippen LogP contribution in [0.2, 0.25) is 0 Å². The number of aldehydes is 1. The largest absolute Gasteiger partial charge is 0.493 e. The zero-order valence-corrected chi connectivity index (χ0v) is 15.2. The lowest BCUT2D eigenvalue weighted by atomic mass is 9.97. The van der Waals surface area contributed by atoms with Gasteiger partial charge < -0.3 is 9.15 Å². The molecule has 3 aromatic rings. The Morgan fingerprint density at radius 1 is 1.29 bits per heavy atom. The van der Waals surface area contributed by atoms with Gasteiger partial charge in [0.2, 0.25) is 0 Å². The molecule has 0 unspecified atom stereocenters. The normalized spacial score (nSPS) is 11.8. The quantitative estimate of drug-likeness (QED) is 0.616. The average molecular weight is 343 g/mol. The molecule has 0 N–H and O–H groups in total. The first-order valence-electron chi connectivity index (χ1n) is 7.95. The van der Waals surface area contributed by atoms with E-state index >= 15 is 0 Å². The summed E-state index contributed by atoms with van der Waals surface area (Å²) in [6.07, 6.45) is 1.57. The molecule has 0 saturated heterocycles. The van der Waals surface area contributed by atoms with Gasteiger partial charge in [0.15, 0.2) is 12.2 Å². The van der Waals surface area contributed by atoms with E-state index in [2.05, 4.69) is 25.8 Å². The Balaban J connectivity index is 1.73. The number of ether oxygens (including phenoxy) is 1. The van der Waals surface area contributed by atoms with Crippen LogP contribution in [0.3, 0.4) is 0 Å². The molecule has 0 fully saturated rings. The summed E-state index contributed by atoms with van der Waals surface area (Å²) >= 11 is 1.55. The van der Waals surface area contributed by atoms with Crippen LogP contribution in [0.4, 0.5) is 0 Å². The number of nitrogens with zero attached hydrogens (tertiary/aromatic N) is 1. The lowest BCUT2D eigenvalue weighted by Crippen LogP contribution is -2.11. The highest BCUT2D eigenvalue weighted by Crippen LogP contribution is 2.32. The van der Waals surface area contributed by atoms with E-state index in [9.17, 15) is 4.79 Å². The van der Waals surface area contributed by atoms with Gasteiger partial charge in [-0.25, -0.2) is 4.98 Å². The smallest absolute Gasteiger partial charge is 0.199 e. The van der Waals surface area contributed by atoms with Gasteiger partial charge in [0.1, 0.15) is 11.5 Å². The van der Waals surface area contributed by atoms with E-state index in [1.165, 1.54) is 0 Å². The molecule has 0 aliphatic heterocycles. The molecule has 0 saturated carbocycles. The van der Waals surface area contributed by atoms with Crippen LogP contribution in [0.5, 0.6) is 5.75 Å². The Kier molecular flexibility index (Phi) is 4.45. The Labute approximate surface area is 145 Å². The van der Waals surface area contributed by atoms with Crippen LogP contribution in [0.1, 0.15) is 48.5 Å². The van der Waals surface area contributed by atoms with E-state index < -0.39 is 0 Å².